The fourth-order valence-electron chi connectivity index (χ4n) is 3.51. The van der Waals surface area contributed by atoms with Gasteiger partial charge in [0.1, 0.15) is 11.1 Å². The van der Waals surface area contributed by atoms with Crippen molar-refractivity contribution < 1.29 is 14.3 Å². The van der Waals surface area contributed by atoms with Crippen molar-refractivity contribution in [3.8, 4) is 6.07 Å². The van der Waals surface area contributed by atoms with Gasteiger partial charge in [0, 0.05) is 30.7 Å². The second kappa shape index (κ2) is 9.52. The van der Waals surface area contributed by atoms with Crippen LogP contribution < -0.4 is 10.6 Å². The number of alkyl carbamates (subject to hydrolysis) is 1. The van der Waals surface area contributed by atoms with Gasteiger partial charge in [-0.1, -0.05) is 13.0 Å². The van der Waals surface area contributed by atoms with Crippen molar-refractivity contribution in [1.29, 1.82) is 5.26 Å². The van der Waals surface area contributed by atoms with E-state index in [1.165, 1.54) is 18.4 Å². The number of thiophene rings is 1. The molecular weight excluding hydrogens is 388 g/mol. The highest BCUT2D eigenvalue weighted by atomic mass is 32.1. The van der Waals surface area contributed by atoms with Crippen molar-refractivity contribution in [2.45, 2.75) is 38.5 Å². The number of hydrogen-bond donors (Lipinski definition) is 2. The molecule has 2 aromatic rings. The van der Waals surface area contributed by atoms with E-state index in [9.17, 15) is 14.9 Å². The number of hydrogen-bond acceptors (Lipinski definition) is 6. The van der Waals surface area contributed by atoms with Crippen molar-refractivity contribution in [1.82, 2.24) is 10.3 Å². The maximum Gasteiger partial charge on any atom is 0.406 e. The summed E-state index contributed by atoms with van der Waals surface area (Å²) in [4.78, 5) is 29.0. The number of rotatable bonds is 6. The average molecular weight is 413 g/mol. The Kier molecular flexibility index (Phi) is 6.83. The summed E-state index contributed by atoms with van der Waals surface area (Å²) in [7, 11) is 1.53. The highest BCUT2D eigenvalue weighted by molar-refractivity contribution is 7.16. The van der Waals surface area contributed by atoms with Gasteiger partial charge in [0.25, 0.3) is 0 Å². The van der Waals surface area contributed by atoms with Crippen LogP contribution in [0.3, 0.4) is 0 Å². The van der Waals surface area contributed by atoms with Gasteiger partial charge in [-0.2, -0.15) is 5.26 Å². The summed E-state index contributed by atoms with van der Waals surface area (Å²) in [6, 6.07) is 6.07. The lowest BCUT2D eigenvalue weighted by Gasteiger charge is -2.21. The number of carbonyl (C=O) groups excluding carboxylic acids is 2. The Morgan fingerprint density at radius 1 is 1.48 bits per heavy atom. The van der Waals surface area contributed by atoms with Crippen molar-refractivity contribution in [3.63, 3.8) is 0 Å². The van der Waals surface area contributed by atoms with Gasteiger partial charge in [0.2, 0.25) is 5.91 Å². The quantitative estimate of drug-likeness (QED) is 0.754. The minimum absolute atomic E-state index is 0.0371. The number of fused-ring (bicyclic) bond motifs is 1. The number of aromatic nitrogens is 1. The molecule has 0 radical (unpaired) electrons. The smallest absolute Gasteiger partial charge is 0.406 e. The van der Waals surface area contributed by atoms with Crippen molar-refractivity contribution in [3.05, 3.63) is 46.1 Å². The molecule has 29 heavy (non-hydrogen) atoms. The fourth-order valence-corrected chi connectivity index (χ4v) is 4.84. The highest BCUT2D eigenvalue weighted by Gasteiger charge is 2.27. The zero-order valence-electron chi connectivity index (χ0n) is 16.5. The van der Waals surface area contributed by atoms with Gasteiger partial charge < -0.3 is 15.4 Å². The SMILES string of the molecule is CNC(=O)OCC1CCc2c(sc(NC(=O)CC(C)c3cccnc3)c2C#N)C1. The number of amides is 2. The summed E-state index contributed by atoms with van der Waals surface area (Å²) in [5, 5.41) is 15.6. The first-order chi connectivity index (χ1) is 14.0. The minimum Gasteiger partial charge on any atom is -0.449 e. The van der Waals surface area contributed by atoms with Crippen LogP contribution in [-0.2, 0) is 22.4 Å². The third-order valence-corrected chi connectivity index (χ3v) is 6.30. The molecule has 3 rings (SSSR count). The number of ether oxygens (including phenoxy) is 1. The van der Waals surface area contributed by atoms with Crippen molar-refractivity contribution in [2.24, 2.45) is 5.92 Å². The van der Waals surface area contributed by atoms with Gasteiger partial charge in [-0.05, 0) is 48.3 Å². The van der Waals surface area contributed by atoms with E-state index in [1.54, 1.807) is 12.4 Å². The lowest BCUT2D eigenvalue weighted by atomic mass is 9.88. The number of nitriles is 1. The molecule has 2 heterocycles. The summed E-state index contributed by atoms with van der Waals surface area (Å²) in [6.07, 6.45) is 5.70. The minimum atomic E-state index is -0.435. The molecule has 2 atom stereocenters. The molecule has 7 nitrogen and oxygen atoms in total. The van der Waals surface area contributed by atoms with Crippen LogP contribution >= 0.6 is 11.3 Å². The van der Waals surface area contributed by atoms with Crippen LogP contribution in [0.25, 0.3) is 0 Å². The van der Waals surface area contributed by atoms with E-state index in [0.717, 1.165) is 35.3 Å². The van der Waals surface area contributed by atoms with Crippen LogP contribution in [0.4, 0.5) is 9.80 Å². The molecule has 0 bridgehead atoms. The van der Waals surface area contributed by atoms with Gasteiger partial charge in [-0.25, -0.2) is 4.79 Å². The van der Waals surface area contributed by atoms with Crippen molar-refractivity contribution >= 4 is 28.3 Å². The van der Waals surface area contributed by atoms with Crippen LogP contribution in [0.5, 0.6) is 0 Å². The molecule has 0 aromatic carbocycles. The lowest BCUT2D eigenvalue weighted by molar-refractivity contribution is -0.116. The molecule has 1 aliphatic carbocycles. The Balaban J connectivity index is 1.65. The molecule has 0 fully saturated rings. The third-order valence-electron chi connectivity index (χ3n) is 5.13. The van der Waals surface area contributed by atoms with Crippen LogP contribution in [0.2, 0.25) is 0 Å². The summed E-state index contributed by atoms with van der Waals surface area (Å²) < 4.78 is 5.17. The first kappa shape index (κ1) is 20.8. The molecule has 2 unspecified atom stereocenters. The van der Waals surface area contributed by atoms with Gasteiger partial charge in [0.05, 0.1) is 12.2 Å². The predicted octanol–water partition coefficient (Wildman–Crippen LogP) is 3.61. The number of carbonyl (C=O) groups is 2. The first-order valence-corrected chi connectivity index (χ1v) is 10.4. The monoisotopic (exact) mass is 412 g/mol. The predicted molar refractivity (Wildman–Crippen MR) is 111 cm³/mol. The normalized spacial score (nSPS) is 16.2. The van der Waals surface area contributed by atoms with E-state index in [4.69, 9.17) is 4.74 Å². The number of nitrogens with one attached hydrogen (secondary N) is 2. The Morgan fingerprint density at radius 2 is 2.31 bits per heavy atom. The van der Waals surface area contributed by atoms with Crippen LogP contribution in [0, 0.1) is 17.2 Å². The van der Waals surface area contributed by atoms with E-state index in [0.29, 0.717) is 23.6 Å². The van der Waals surface area contributed by atoms with Crippen LogP contribution in [0.15, 0.2) is 24.5 Å². The zero-order chi connectivity index (χ0) is 20.8. The average Bonchev–Trinajstić information content (AvgIpc) is 3.08. The van der Waals surface area contributed by atoms with Gasteiger partial charge >= 0.3 is 6.09 Å². The highest BCUT2D eigenvalue weighted by Crippen LogP contribution is 2.39. The molecule has 8 heteroatoms. The standard InChI is InChI=1S/C21H24N4O3S/c1-13(15-4-3-7-24-11-15)8-19(26)25-20-17(10-22)16-6-5-14(9-18(16)29-20)12-28-21(27)23-2/h3-4,7,11,13-14H,5-6,8-9,12H2,1-2H3,(H,23,27)(H,25,26). The Bertz CT molecular complexity index is 920. The maximum atomic E-state index is 12.6. The summed E-state index contributed by atoms with van der Waals surface area (Å²) in [5.74, 6) is 0.144. The molecule has 152 valence electrons. The van der Waals surface area contributed by atoms with E-state index in [2.05, 4.69) is 21.7 Å². The largest absolute Gasteiger partial charge is 0.449 e. The molecule has 1 aliphatic rings. The number of pyridine rings is 1. The molecule has 0 saturated carbocycles. The second-order valence-corrected chi connectivity index (χ2v) is 8.32. The molecule has 2 aromatic heterocycles. The van der Waals surface area contributed by atoms with Gasteiger partial charge in [-0.15, -0.1) is 11.3 Å². The topological polar surface area (TPSA) is 104 Å². The Hall–Kier alpha value is -2.92. The first-order valence-electron chi connectivity index (χ1n) is 9.60. The summed E-state index contributed by atoms with van der Waals surface area (Å²) in [6.45, 7) is 2.33. The molecule has 0 spiro atoms. The van der Waals surface area contributed by atoms with E-state index < -0.39 is 6.09 Å². The van der Waals surface area contributed by atoms with Crippen LogP contribution in [0.1, 0.15) is 47.3 Å². The molecule has 2 N–H and O–H groups in total. The van der Waals surface area contributed by atoms with Crippen LogP contribution in [-0.4, -0.2) is 30.6 Å². The zero-order valence-corrected chi connectivity index (χ0v) is 17.3. The molecular formula is C21H24N4O3S. The van der Waals surface area contributed by atoms with E-state index >= 15 is 0 Å². The summed E-state index contributed by atoms with van der Waals surface area (Å²) in [5.41, 5.74) is 2.59. The number of anilines is 1. The van der Waals surface area contributed by atoms with Gasteiger partial charge in [-0.3, -0.25) is 9.78 Å². The lowest BCUT2D eigenvalue weighted by Crippen LogP contribution is -2.25. The maximum absolute atomic E-state index is 12.6. The van der Waals surface area contributed by atoms with E-state index in [-0.39, 0.29) is 17.7 Å². The molecule has 0 aliphatic heterocycles. The second-order valence-electron chi connectivity index (χ2n) is 7.22. The Morgan fingerprint density at radius 3 is 3.00 bits per heavy atom. The Labute approximate surface area is 174 Å². The number of nitrogens with zero attached hydrogens (tertiary/aromatic N) is 2. The fraction of sp³-hybridized carbons (Fsp3) is 0.429. The molecule has 2 amide bonds. The third kappa shape index (κ3) is 5.12. The van der Waals surface area contributed by atoms with Crippen molar-refractivity contribution in [2.75, 3.05) is 19.0 Å². The molecule has 0 saturated heterocycles. The summed E-state index contributed by atoms with van der Waals surface area (Å²) >= 11 is 1.46. The van der Waals surface area contributed by atoms with Gasteiger partial charge in [0.15, 0.2) is 0 Å². The van der Waals surface area contributed by atoms with E-state index in [1.807, 2.05) is 19.1 Å².